The average molecular weight is 451 g/mol. The van der Waals surface area contributed by atoms with Gasteiger partial charge in [0.25, 0.3) is 5.56 Å². The van der Waals surface area contributed by atoms with Crippen molar-refractivity contribution in [2.24, 2.45) is 24.8 Å². The van der Waals surface area contributed by atoms with Crippen molar-refractivity contribution in [3.63, 3.8) is 0 Å². The summed E-state index contributed by atoms with van der Waals surface area (Å²) in [6.45, 7) is 0. The van der Waals surface area contributed by atoms with Crippen LogP contribution in [0.15, 0.2) is 46.3 Å². The number of methoxy groups -OCH3 is 1. The third-order valence-electron chi connectivity index (χ3n) is 8.10. The second-order valence-corrected chi connectivity index (χ2v) is 10.9. The minimum atomic E-state index is -0.0981. The third kappa shape index (κ3) is 3.06. The first-order valence-corrected chi connectivity index (χ1v) is 12.8. The standard InChI is InChI=1S/C26H30N2O3S/c1-28-14-21(19-6-7-27-23(19)25(28)29)20-10-18(32-3)4-5-22(20)31-26-11-15-8-16(12-26)24(30-2)17(9-15)13-26/h4-7,10,14-17,24,27H,8-9,11-13H2,1-3H3. The first kappa shape index (κ1) is 20.4. The van der Waals surface area contributed by atoms with Gasteiger partial charge in [-0.3, -0.25) is 4.79 Å². The number of fused-ring (bicyclic) bond motifs is 1. The zero-order valence-electron chi connectivity index (χ0n) is 18.9. The smallest absolute Gasteiger partial charge is 0.274 e. The fraction of sp³-hybridized carbons (Fsp3) is 0.500. The first-order valence-electron chi connectivity index (χ1n) is 11.6. The molecule has 168 valence electrons. The number of pyridine rings is 1. The summed E-state index contributed by atoms with van der Waals surface area (Å²) < 4.78 is 14.6. The number of hydrogen-bond acceptors (Lipinski definition) is 4. The van der Waals surface area contributed by atoms with Crippen molar-refractivity contribution in [1.29, 1.82) is 0 Å². The SMILES string of the molecule is COC1C2CC3CC1CC(Oc1ccc(SC)cc1-c1cn(C)c(=O)c4[nH]ccc14)(C3)C2. The molecule has 7 rings (SSSR count). The number of H-pyrrole nitrogens is 1. The molecule has 32 heavy (non-hydrogen) atoms. The Bertz CT molecular complexity index is 1230. The van der Waals surface area contributed by atoms with E-state index in [0.717, 1.165) is 47.4 Å². The van der Waals surface area contributed by atoms with Crippen molar-refractivity contribution < 1.29 is 9.47 Å². The zero-order chi connectivity index (χ0) is 22.0. The van der Waals surface area contributed by atoms with E-state index in [1.54, 1.807) is 16.3 Å². The van der Waals surface area contributed by atoms with Crippen LogP contribution < -0.4 is 10.3 Å². The lowest BCUT2D eigenvalue weighted by molar-refractivity contribution is -0.173. The molecule has 0 radical (unpaired) electrons. The predicted octanol–water partition coefficient (Wildman–Crippen LogP) is 5.23. The van der Waals surface area contributed by atoms with Gasteiger partial charge in [0.1, 0.15) is 16.9 Å². The van der Waals surface area contributed by atoms with Crippen molar-refractivity contribution >= 4 is 22.7 Å². The molecule has 2 atom stereocenters. The van der Waals surface area contributed by atoms with Crippen LogP contribution in [0.25, 0.3) is 22.0 Å². The molecule has 4 fully saturated rings. The van der Waals surface area contributed by atoms with Crippen LogP contribution in [0, 0.1) is 17.8 Å². The summed E-state index contributed by atoms with van der Waals surface area (Å²) in [6.07, 6.45) is 12.1. The van der Waals surface area contributed by atoms with E-state index in [9.17, 15) is 4.79 Å². The highest BCUT2D eigenvalue weighted by atomic mass is 32.2. The quantitative estimate of drug-likeness (QED) is 0.541. The minimum Gasteiger partial charge on any atom is -0.487 e. The van der Waals surface area contributed by atoms with E-state index in [4.69, 9.17) is 9.47 Å². The lowest BCUT2D eigenvalue weighted by Crippen LogP contribution is -2.59. The maximum Gasteiger partial charge on any atom is 0.274 e. The molecule has 2 unspecified atom stereocenters. The molecule has 6 heteroatoms. The number of thioether (sulfide) groups is 1. The Balaban J connectivity index is 1.45. The summed E-state index contributed by atoms with van der Waals surface area (Å²) >= 11 is 1.73. The van der Waals surface area contributed by atoms with E-state index in [1.165, 1.54) is 17.7 Å². The molecule has 4 saturated carbocycles. The summed E-state index contributed by atoms with van der Waals surface area (Å²) in [5.74, 6) is 2.89. The van der Waals surface area contributed by atoms with Crippen molar-refractivity contribution in [2.75, 3.05) is 13.4 Å². The van der Waals surface area contributed by atoms with E-state index < -0.39 is 0 Å². The number of nitrogens with zero attached hydrogens (tertiary/aromatic N) is 1. The van der Waals surface area contributed by atoms with Gasteiger partial charge >= 0.3 is 0 Å². The van der Waals surface area contributed by atoms with Crippen molar-refractivity contribution in [1.82, 2.24) is 9.55 Å². The van der Waals surface area contributed by atoms with Crippen LogP contribution in [0.3, 0.4) is 0 Å². The number of nitrogens with one attached hydrogen (secondary N) is 1. The second-order valence-electron chi connectivity index (χ2n) is 10.0. The Labute approximate surface area is 192 Å². The van der Waals surface area contributed by atoms with Crippen molar-refractivity contribution in [2.45, 2.75) is 48.7 Å². The summed E-state index contributed by atoms with van der Waals surface area (Å²) in [4.78, 5) is 16.9. The third-order valence-corrected chi connectivity index (χ3v) is 8.83. The van der Waals surface area contributed by atoms with E-state index in [-0.39, 0.29) is 11.2 Å². The van der Waals surface area contributed by atoms with Crippen LogP contribution in [0.2, 0.25) is 0 Å². The molecule has 1 N–H and O–H groups in total. The van der Waals surface area contributed by atoms with E-state index in [0.29, 0.717) is 23.5 Å². The molecule has 2 heterocycles. The van der Waals surface area contributed by atoms with Gasteiger partial charge in [0.2, 0.25) is 0 Å². The van der Waals surface area contributed by atoms with Gasteiger partial charge in [-0.25, -0.2) is 0 Å². The molecular weight excluding hydrogens is 420 g/mol. The summed E-state index contributed by atoms with van der Waals surface area (Å²) in [7, 11) is 3.69. The number of ether oxygens (including phenoxy) is 2. The van der Waals surface area contributed by atoms with Crippen LogP contribution in [-0.4, -0.2) is 34.6 Å². The number of benzene rings is 1. The van der Waals surface area contributed by atoms with Crippen LogP contribution in [0.1, 0.15) is 32.1 Å². The minimum absolute atomic E-state index is 0.0102. The molecular formula is C26H30N2O3S. The lowest BCUT2D eigenvalue weighted by atomic mass is 9.53. The molecule has 0 spiro atoms. The fourth-order valence-electron chi connectivity index (χ4n) is 7.07. The molecule has 0 amide bonds. The summed E-state index contributed by atoms with van der Waals surface area (Å²) in [5, 5.41) is 0.946. The van der Waals surface area contributed by atoms with Crippen LogP contribution >= 0.6 is 11.8 Å². The molecule has 4 aliphatic carbocycles. The molecule has 3 aromatic rings. The van der Waals surface area contributed by atoms with Crippen molar-refractivity contribution in [3.8, 4) is 16.9 Å². The highest BCUT2D eigenvalue weighted by Crippen LogP contribution is 2.58. The van der Waals surface area contributed by atoms with Gasteiger partial charge in [-0.2, -0.15) is 0 Å². The van der Waals surface area contributed by atoms with Crippen molar-refractivity contribution in [3.05, 3.63) is 47.0 Å². The average Bonchev–Trinajstić information content (AvgIpc) is 3.26. The molecule has 0 saturated heterocycles. The molecule has 5 nitrogen and oxygen atoms in total. The van der Waals surface area contributed by atoms with Gasteiger partial charge in [-0.15, -0.1) is 11.8 Å². The summed E-state index contributed by atoms with van der Waals surface area (Å²) in [5.41, 5.74) is 2.64. The Morgan fingerprint density at radius 1 is 1.12 bits per heavy atom. The van der Waals surface area contributed by atoms with Crippen LogP contribution in [-0.2, 0) is 11.8 Å². The zero-order valence-corrected chi connectivity index (χ0v) is 19.7. The van der Waals surface area contributed by atoms with Gasteiger partial charge in [0.05, 0.1) is 6.10 Å². The number of aryl methyl sites for hydroxylation is 1. The van der Waals surface area contributed by atoms with E-state index in [2.05, 4.69) is 29.4 Å². The largest absolute Gasteiger partial charge is 0.487 e. The molecule has 1 aromatic carbocycles. The number of aromatic amines is 1. The van der Waals surface area contributed by atoms with Gasteiger partial charge in [0.15, 0.2) is 0 Å². The maximum atomic E-state index is 12.6. The summed E-state index contributed by atoms with van der Waals surface area (Å²) in [6, 6.07) is 8.50. The number of aromatic nitrogens is 2. The monoisotopic (exact) mass is 450 g/mol. The number of hydrogen-bond donors (Lipinski definition) is 1. The van der Waals surface area contributed by atoms with Gasteiger partial charge < -0.3 is 19.0 Å². The molecule has 4 aliphatic rings. The molecule has 4 bridgehead atoms. The Hall–Kier alpha value is -2.18. The van der Waals surface area contributed by atoms with Crippen LogP contribution in [0.4, 0.5) is 0 Å². The maximum absolute atomic E-state index is 12.6. The fourth-order valence-corrected chi connectivity index (χ4v) is 7.51. The highest BCUT2D eigenvalue weighted by molar-refractivity contribution is 7.98. The number of rotatable bonds is 5. The van der Waals surface area contributed by atoms with E-state index in [1.807, 2.05) is 32.6 Å². The van der Waals surface area contributed by atoms with Gasteiger partial charge in [0, 0.05) is 48.0 Å². The van der Waals surface area contributed by atoms with E-state index >= 15 is 0 Å². The molecule has 0 aliphatic heterocycles. The normalized spacial score (nSPS) is 30.8. The molecule has 2 aromatic heterocycles. The highest BCUT2D eigenvalue weighted by Gasteiger charge is 2.57. The van der Waals surface area contributed by atoms with Gasteiger partial charge in [-0.1, -0.05) is 0 Å². The Morgan fingerprint density at radius 3 is 2.62 bits per heavy atom. The topological polar surface area (TPSA) is 56.2 Å². The Kier molecular flexibility index (Phi) is 4.74. The second kappa shape index (κ2) is 7.42. The Morgan fingerprint density at radius 2 is 1.91 bits per heavy atom. The predicted molar refractivity (Wildman–Crippen MR) is 128 cm³/mol. The first-order chi connectivity index (χ1) is 15.5. The lowest BCUT2D eigenvalue weighted by Gasteiger charge is -2.59. The van der Waals surface area contributed by atoms with Crippen LogP contribution in [0.5, 0.6) is 5.75 Å². The van der Waals surface area contributed by atoms with Gasteiger partial charge in [-0.05, 0) is 80.4 Å².